The van der Waals surface area contributed by atoms with Crippen molar-refractivity contribution < 1.29 is 4.79 Å². The van der Waals surface area contributed by atoms with Gasteiger partial charge < -0.3 is 4.90 Å². The zero-order valence-electron chi connectivity index (χ0n) is 9.31. The molecule has 0 spiro atoms. The number of amides is 1. The summed E-state index contributed by atoms with van der Waals surface area (Å²) in [6.07, 6.45) is 1.74. The molecule has 0 radical (unpaired) electrons. The summed E-state index contributed by atoms with van der Waals surface area (Å²) < 4.78 is 0. The van der Waals surface area contributed by atoms with E-state index in [1.165, 1.54) is 11.8 Å². The van der Waals surface area contributed by atoms with Crippen LogP contribution in [-0.2, 0) is 0 Å². The van der Waals surface area contributed by atoms with Crippen LogP contribution in [0.1, 0.15) is 6.92 Å². The van der Waals surface area contributed by atoms with Gasteiger partial charge in [0.2, 0.25) is 0 Å². The van der Waals surface area contributed by atoms with Gasteiger partial charge >= 0.3 is 0 Å². The van der Waals surface area contributed by atoms with Crippen LogP contribution in [0.15, 0.2) is 36.9 Å². The molecule has 1 atom stereocenters. The van der Waals surface area contributed by atoms with Crippen molar-refractivity contribution in [3.05, 3.63) is 41.9 Å². The Kier molecular flexibility index (Phi) is 4.90. The van der Waals surface area contributed by atoms with Crippen LogP contribution in [0.25, 0.3) is 0 Å². The minimum Gasteiger partial charge on any atom is -0.306 e. The molecular weight excluding hydrogens is 242 g/mol. The van der Waals surface area contributed by atoms with E-state index < -0.39 is 0 Å². The third-order valence-corrected chi connectivity index (χ3v) is 3.36. The second kappa shape index (κ2) is 5.97. The Morgan fingerprint density at radius 1 is 1.62 bits per heavy atom. The van der Waals surface area contributed by atoms with Gasteiger partial charge in [-0.1, -0.05) is 35.5 Å². The van der Waals surface area contributed by atoms with Gasteiger partial charge in [-0.15, -0.1) is 6.58 Å². The maximum atomic E-state index is 11.8. The van der Waals surface area contributed by atoms with E-state index in [9.17, 15) is 4.79 Å². The van der Waals surface area contributed by atoms with Gasteiger partial charge in [0.15, 0.2) is 0 Å². The molecule has 0 bridgehead atoms. The van der Waals surface area contributed by atoms with Crippen molar-refractivity contribution in [1.29, 1.82) is 0 Å². The molecule has 2 nitrogen and oxygen atoms in total. The van der Waals surface area contributed by atoms with Gasteiger partial charge in [-0.3, -0.25) is 4.79 Å². The summed E-state index contributed by atoms with van der Waals surface area (Å²) in [5.41, 5.74) is 0.793. The normalized spacial score (nSPS) is 11.9. The van der Waals surface area contributed by atoms with Crippen LogP contribution >= 0.6 is 23.4 Å². The van der Waals surface area contributed by atoms with E-state index >= 15 is 0 Å². The second-order valence-electron chi connectivity index (χ2n) is 3.36. The number of carbonyl (C=O) groups is 1. The fourth-order valence-electron chi connectivity index (χ4n) is 1.08. The van der Waals surface area contributed by atoms with E-state index in [-0.39, 0.29) is 10.5 Å². The number of thioether (sulfide) groups is 1. The Hall–Kier alpha value is -0.930. The van der Waals surface area contributed by atoms with Gasteiger partial charge in [0.05, 0.1) is 0 Å². The molecule has 0 heterocycles. The van der Waals surface area contributed by atoms with Crippen LogP contribution in [0, 0.1) is 0 Å². The molecular formula is C12H14ClNOS. The molecule has 0 saturated carbocycles. The van der Waals surface area contributed by atoms with Crippen LogP contribution in [0.4, 0.5) is 10.5 Å². The quantitative estimate of drug-likeness (QED) is 0.755. The molecule has 0 saturated heterocycles. The minimum atomic E-state index is -0.0188. The fourth-order valence-corrected chi connectivity index (χ4v) is 1.94. The third-order valence-electron chi connectivity index (χ3n) is 2.09. The molecule has 4 heteroatoms. The van der Waals surface area contributed by atoms with E-state index in [2.05, 4.69) is 6.58 Å². The van der Waals surface area contributed by atoms with Gasteiger partial charge in [0.25, 0.3) is 5.24 Å². The number of benzene rings is 1. The Morgan fingerprint density at radius 3 is 2.88 bits per heavy atom. The monoisotopic (exact) mass is 255 g/mol. The molecule has 1 rings (SSSR count). The summed E-state index contributed by atoms with van der Waals surface area (Å²) in [5, 5.41) is 0.711. The number of rotatable bonds is 3. The van der Waals surface area contributed by atoms with Crippen molar-refractivity contribution >= 4 is 34.3 Å². The van der Waals surface area contributed by atoms with E-state index in [0.717, 1.165) is 5.69 Å². The standard InChI is InChI=1S/C12H14ClNOS/c1-4-9(2)16-12(15)14(3)11-7-5-6-10(13)8-11/h4-9H,1H2,2-3H3/t9-/m1/s1. The Bertz CT molecular complexity index is 394. The molecule has 16 heavy (non-hydrogen) atoms. The number of hydrogen-bond donors (Lipinski definition) is 0. The summed E-state index contributed by atoms with van der Waals surface area (Å²) in [4.78, 5) is 13.4. The summed E-state index contributed by atoms with van der Waals surface area (Å²) in [5.74, 6) is 0. The molecule has 0 aliphatic carbocycles. The van der Waals surface area contributed by atoms with Gasteiger partial charge in [-0.25, -0.2) is 0 Å². The largest absolute Gasteiger partial charge is 0.306 e. The molecule has 0 fully saturated rings. The molecule has 86 valence electrons. The van der Waals surface area contributed by atoms with Crippen molar-refractivity contribution in [3.63, 3.8) is 0 Å². The molecule has 0 aliphatic rings. The SMILES string of the molecule is C=C[C@@H](C)SC(=O)N(C)c1cccc(Cl)c1. The first-order valence-electron chi connectivity index (χ1n) is 4.87. The number of nitrogens with zero attached hydrogens (tertiary/aromatic N) is 1. The third kappa shape index (κ3) is 3.58. The van der Waals surface area contributed by atoms with Crippen LogP contribution < -0.4 is 4.90 Å². The van der Waals surface area contributed by atoms with Crippen molar-refractivity contribution in [2.75, 3.05) is 11.9 Å². The number of halogens is 1. The molecule has 0 aromatic heterocycles. The molecule has 0 N–H and O–H groups in total. The zero-order chi connectivity index (χ0) is 12.1. The molecule has 0 unspecified atom stereocenters. The van der Waals surface area contributed by atoms with E-state index in [4.69, 9.17) is 11.6 Å². The maximum Gasteiger partial charge on any atom is 0.286 e. The maximum absolute atomic E-state index is 11.8. The van der Waals surface area contributed by atoms with Crippen molar-refractivity contribution in [3.8, 4) is 0 Å². The molecule has 1 amide bonds. The Labute approximate surface area is 105 Å². The summed E-state index contributed by atoms with van der Waals surface area (Å²) in [6.45, 7) is 5.58. The van der Waals surface area contributed by atoms with Crippen LogP contribution in [0.3, 0.4) is 0 Å². The number of anilines is 1. The lowest BCUT2D eigenvalue weighted by Gasteiger charge is -2.18. The first-order valence-corrected chi connectivity index (χ1v) is 6.13. The van der Waals surface area contributed by atoms with Gasteiger partial charge in [-0.05, 0) is 25.1 Å². The highest BCUT2D eigenvalue weighted by Crippen LogP contribution is 2.23. The highest BCUT2D eigenvalue weighted by molar-refractivity contribution is 8.14. The summed E-state index contributed by atoms with van der Waals surface area (Å²) in [7, 11) is 1.73. The average Bonchev–Trinajstić information content (AvgIpc) is 2.27. The van der Waals surface area contributed by atoms with Gasteiger partial charge in [0.1, 0.15) is 0 Å². The van der Waals surface area contributed by atoms with E-state index in [1.807, 2.05) is 19.1 Å². The lowest BCUT2D eigenvalue weighted by atomic mass is 10.3. The predicted octanol–water partition coefficient (Wildman–Crippen LogP) is 4.20. The Morgan fingerprint density at radius 2 is 2.31 bits per heavy atom. The first-order chi connectivity index (χ1) is 7.54. The van der Waals surface area contributed by atoms with Crippen LogP contribution in [0.5, 0.6) is 0 Å². The number of hydrogen-bond acceptors (Lipinski definition) is 2. The Balaban J connectivity index is 2.74. The second-order valence-corrected chi connectivity index (χ2v) is 5.13. The van der Waals surface area contributed by atoms with E-state index in [0.29, 0.717) is 5.02 Å². The highest BCUT2D eigenvalue weighted by atomic mass is 35.5. The topological polar surface area (TPSA) is 20.3 Å². The smallest absolute Gasteiger partial charge is 0.286 e. The van der Waals surface area contributed by atoms with Gasteiger partial charge in [0, 0.05) is 23.0 Å². The molecule has 1 aromatic carbocycles. The van der Waals surface area contributed by atoms with Crippen molar-refractivity contribution in [2.45, 2.75) is 12.2 Å². The average molecular weight is 256 g/mol. The lowest BCUT2D eigenvalue weighted by molar-refractivity contribution is 0.266. The van der Waals surface area contributed by atoms with E-state index in [1.54, 1.807) is 30.2 Å². The predicted molar refractivity (Wildman–Crippen MR) is 72.5 cm³/mol. The summed E-state index contributed by atoms with van der Waals surface area (Å²) in [6, 6.07) is 7.22. The van der Waals surface area contributed by atoms with Crippen molar-refractivity contribution in [1.82, 2.24) is 0 Å². The van der Waals surface area contributed by atoms with Crippen LogP contribution in [0.2, 0.25) is 5.02 Å². The first kappa shape index (κ1) is 13.1. The van der Waals surface area contributed by atoms with Gasteiger partial charge in [-0.2, -0.15) is 0 Å². The van der Waals surface area contributed by atoms with Crippen molar-refractivity contribution in [2.24, 2.45) is 0 Å². The fraction of sp³-hybridized carbons (Fsp3) is 0.250. The lowest BCUT2D eigenvalue weighted by Crippen LogP contribution is -2.23. The zero-order valence-corrected chi connectivity index (χ0v) is 10.9. The highest BCUT2D eigenvalue weighted by Gasteiger charge is 2.13. The number of carbonyl (C=O) groups excluding carboxylic acids is 1. The molecule has 0 aliphatic heterocycles. The van der Waals surface area contributed by atoms with Crippen LogP contribution in [-0.4, -0.2) is 17.5 Å². The minimum absolute atomic E-state index is 0.0188. The summed E-state index contributed by atoms with van der Waals surface area (Å²) >= 11 is 7.10. The molecule has 1 aromatic rings.